The van der Waals surface area contributed by atoms with Gasteiger partial charge in [-0.2, -0.15) is 0 Å². The van der Waals surface area contributed by atoms with E-state index in [1.807, 2.05) is 24.3 Å². The summed E-state index contributed by atoms with van der Waals surface area (Å²) in [5.41, 5.74) is 0. The van der Waals surface area contributed by atoms with E-state index in [2.05, 4.69) is 15.5 Å². The molecule has 3 aliphatic heterocycles. The Kier molecular flexibility index (Phi) is 5.57. The van der Waals surface area contributed by atoms with Crippen molar-refractivity contribution in [2.75, 3.05) is 46.0 Å². The van der Waals surface area contributed by atoms with Gasteiger partial charge in [-0.15, -0.1) is 0 Å². The van der Waals surface area contributed by atoms with E-state index >= 15 is 0 Å². The second-order valence-electron chi connectivity index (χ2n) is 7.28. The number of carbonyl (C=O) groups excluding carboxylic acids is 1. The molecule has 0 radical (unpaired) electrons. The van der Waals surface area contributed by atoms with Gasteiger partial charge in [0.2, 0.25) is 5.91 Å². The second kappa shape index (κ2) is 8.24. The monoisotopic (exact) mass is 361 g/mol. The molecule has 2 fully saturated rings. The third kappa shape index (κ3) is 4.47. The van der Waals surface area contributed by atoms with E-state index in [4.69, 9.17) is 14.2 Å². The molecule has 0 spiro atoms. The number of rotatable bonds is 6. The highest BCUT2D eigenvalue weighted by molar-refractivity contribution is 5.78. The average molecular weight is 361 g/mol. The van der Waals surface area contributed by atoms with Gasteiger partial charge in [0.15, 0.2) is 11.5 Å². The number of hydrogen-bond donors (Lipinski definition) is 2. The van der Waals surface area contributed by atoms with Crippen LogP contribution in [0.5, 0.6) is 11.5 Å². The molecule has 0 bridgehead atoms. The van der Waals surface area contributed by atoms with E-state index in [-0.39, 0.29) is 18.1 Å². The fourth-order valence-electron chi connectivity index (χ4n) is 3.65. The Labute approximate surface area is 154 Å². The van der Waals surface area contributed by atoms with Crippen LogP contribution in [0.3, 0.4) is 0 Å². The average Bonchev–Trinajstić information content (AvgIpc) is 2.60. The molecule has 3 aliphatic rings. The molecular weight excluding hydrogens is 334 g/mol. The molecule has 142 valence electrons. The highest BCUT2D eigenvalue weighted by atomic mass is 16.6. The van der Waals surface area contributed by atoms with Crippen LogP contribution >= 0.6 is 0 Å². The molecule has 0 saturated carbocycles. The van der Waals surface area contributed by atoms with Gasteiger partial charge in [0.05, 0.1) is 25.8 Å². The summed E-state index contributed by atoms with van der Waals surface area (Å²) >= 11 is 0. The topological polar surface area (TPSA) is 72.1 Å². The van der Waals surface area contributed by atoms with Crippen LogP contribution in [-0.4, -0.2) is 75.0 Å². The first-order valence-electron chi connectivity index (χ1n) is 9.47. The van der Waals surface area contributed by atoms with Crippen molar-refractivity contribution < 1.29 is 19.0 Å². The van der Waals surface area contributed by atoms with Crippen LogP contribution in [0.2, 0.25) is 0 Å². The van der Waals surface area contributed by atoms with E-state index in [0.29, 0.717) is 32.4 Å². The summed E-state index contributed by atoms with van der Waals surface area (Å²) in [6.45, 7) is 5.05. The third-order valence-electron chi connectivity index (χ3n) is 5.09. The van der Waals surface area contributed by atoms with Gasteiger partial charge in [0.25, 0.3) is 0 Å². The van der Waals surface area contributed by atoms with Crippen molar-refractivity contribution in [1.29, 1.82) is 0 Å². The maximum Gasteiger partial charge on any atom is 0.234 e. The Morgan fingerprint density at radius 1 is 1.15 bits per heavy atom. The number of carbonyl (C=O) groups is 1. The molecule has 1 aromatic rings. The van der Waals surface area contributed by atoms with Gasteiger partial charge >= 0.3 is 0 Å². The van der Waals surface area contributed by atoms with Gasteiger partial charge in [0.1, 0.15) is 12.7 Å². The molecule has 1 amide bonds. The van der Waals surface area contributed by atoms with Crippen molar-refractivity contribution in [1.82, 2.24) is 15.5 Å². The normalized spacial score (nSPS) is 26.2. The SMILES string of the molecule is O=C(CNC1COC1)N[C@H]1CCCN(C[C@H]2COc3ccccc3O2)C1. The number of piperidine rings is 1. The molecule has 26 heavy (non-hydrogen) atoms. The predicted octanol–water partition coefficient (Wildman–Crippen LogP) is 0.395. The minimum absolute atomic E-state index is 0.0274. The fraction of sp³-hybridized carbons (Fsp3) is 0.632. The molecular formula is C19H27N3O4. The van der Waals surface area contributed by atoms with Gasteiger partial charge in [-0.1, -0.05) is 12.1 Å². The Hall–Kier alpha value is -1.83. The van der Waals surface area contributed by atoms with Crippen molar-refractivity contribution in [2.45, 2.75) is 31.0 Å². The van der Waals surface area contributed by atoms with Crippen LogP contribution in [0.25, 0.3) is 0 Å². The first-order valence-corrected chi connectivity index (χ1v) is 9.47. The zero-order valence-corrected chi connectivity index (χ0v) is 15.0. The fourth-order valence-corrected chi connectivity index (χ4v) is 3.65. The van der Waals surface area contributed by atoms with Crippen molar-refractivity contribution in [3.8, 4) is 11.5 Å². The van der Waals surface area contributed by atoms with Crippen LogP contribution in [0.4, 0.5) is 0 Å². The summed E-state index contributed by atoms with van der Waals surface area (Å²) in [6, 6.07) is 8.32. The van der Waals surface area contributed by atoms with Crippen LogP contribution in [-0.2, 0) is 9.53 Å². The van der Waals surface area contributed by atoms with Crippen molar-refractivity contribution in [2.24, 2.45) is 0 Å². The lowest BCUT2D eigenvalue weighted by Crippen LogP contribution is -2.54. The first-order chi connectivity index (χ1) is 12.8. The zero-order chi connectivity index (χ0) is 17.8. The molecule has 0 unspecified atom stereocenters. The quantitative estimate of drug-likeness (QED) is 0.764. The van der Waals surface area contributed by atoms with Crippen molar-refractivity contribution >= 4 is 5.91 Å². The lowest BCUT2D eigenvalue weighted by molar-refractivity contribution is -0.122. The van der Waals surface area contributed by atoms with E-state index < -0.39 is 0 Å². The molecule has 7 nitrogen and oxygen atoms in total. The van der Waals surface area contributed by atoms with Gasteiger partial charge in [-0.25, -0.2) is 0 Å². The summed E-state index contributed by atoms with van der Waals surface area (Å²) in [6.07, 6.45) is 2.14. The minimum atomic E-state index is 0.0274. The van der Waals surface area contributed by atoms with Crippen LogP contribution < -0.4 is 20.1 Å². The molecule has 4 rings (SSSR count). The highest BCUT2D eigenvalue weighted by Crippen LogP contribution is 2.31. The van der Waals surface area contributed by atoms with E-state index in [1.54, 1.807) is 0 Å². The summed E-state index contributed by atoms with van der Waals surface area (Å²) < 4.78 is 17.0. The predicted molar refractivity (Wildman–Crippen MR) is 96.6 cm³/mol. The Morgan fingerprint density at radius 3 is 2.81 bits per heavy atom. The molecule has 0 aliphatic carbocycles. The van der Waals surface area contributed by atoms with Gasteiger partial charge < -0.3 is 24.8 Å². The highest BCUT2D eigenvalue weighted by Gasteiger charge is 2.27. The van der Waals surface area contributed by atoms with Crippen molar-refractivity contribution in [3.05, 3.63) is 24.3 Å². The smallest absolute Gasteiger partial charge is 0.234 e. The Balaban J connectivity index is 1.21. The van der Waals surface area contributed by atoms with E-state index in [0.717, 1.165) is 44.0 Å². The molecule has 2 atom stereocenters. The molecule has 2 N–H and O–H groups in total. The summed E-state index contributed by atoms with van der Waals surface area (Å²) in [5, 5.41) is 6.36. The lowest BCUT2D eigenvalue weighted by Gasteiger charge is -2.36. The number of likely N-dealkylation sites (tertiary alicyclic amines) is 1. The standard InChI is InChI=1S/C19H27N3O4/c23-19(8-20-15-11-24-12-15)21-14-4-3-7-22(9-14)10-16-13-25-17-5-1-2-6-18(17)26-16/h1-2,5-6,14-16,20H,3-4,7-13H2,(H,21,23)/t14-,16-/m0/s1. The molecule has 7 heteroatoms. The number of benzene rings is 1. The first kappa shape index (κ1) is 17.6. The zero-order valence-electron chi connectivity index (χ0n) is 15.0. The summed E-state index contributed by atoms with van der Waals surface area (Å²) in [7, 11) is 0. The number of amides is 1. The molecule has 3 heterocycles. The maximum absolute atomic E-state index is 12.1. The van der Waals surface area contributed by atoms with E-state index in [9.17, 15) is 4.79 Å². The third-order valence-corrected chi connectivity index (χ3v) is 5.09. The summed E-state index contributed by atoms with van der Waals surface area (Å²) in [4.78, 5) is 14.5. The largest absolute Gasteiger partial charge is 0.486 e. The number of nitrogens with zero attached hydrogens (tertiary/aromatic N) is 1. The van der Waals surface area contributed by atoms with Crippen molar-refractivity contribution in [3.63, 3.8) is 0 Å². The number of ether oxygens (including phenoxy) is 3. The van der Waals surface area contributed by atoms with Crippen LogP contribution in [0, 0.1) is 0 Å². The minimum Gasteiger partial charge on any atom is -0.486 e. The number of hydrogen-bond acceptors (Lipinski definition) is 6. The number of fused-ring (bicyclic) bond motifs is 1. The van der Waals surface area contributed by atoms with Crippen LogP contribution in [0.1, 0.15) is 12.8 Å². The number of para-hydroxylation sites is 2. The molecule has 1 aromatic carbocycles. The second-order valence-corrected chi connectivity index (χ2v) is 7.28. The maximum atomic E-state index is 12.1. The van der Waals surface area contributed by atoms with Gasteiger partial charge in [-0.3, -0.25) is 9.69 Å². The van der Waals surface area contributed by atoms with Crippen LogP contribution in [0.15, 0.2) is 24.3 Å². The van der Waals surface area contributed by atoms with Gasteiger partial charge in [-0.05, 0) is 31.5 Å². The lowest BCUT2D eigenvalue weighted by atomic mass is 10.0. The number of nitrogens with one attached hydrogen (secondary N) is 2. The Bertz CT molecular complexity index is 623. The van der Waals surface area contributed by atoms with E-state index in [1.165, 1.54) is 0 Å². The summed E-state index contributed by atoms with van der Waals surface area (Å²) in [5.74, 6) is 1.70. The molecule has 2 saturated heterocycles. The Morgan fingerprint density at radius 2 is 2.00 bits per heavy atom. The molecule has 0 aromatic heterocycles. The van der Waals surface area contributed by atoms with Gasteiger partial charge in [0, 0.05) is 19.1 Å².